The number of Topliss-reactive ketones (excluding diaryl/α,β-unsaturated/α-hetero) is 1. The molecule has 1 N–H and O–H groups in total. The Morgan fingerprint density at radius 2 is 2.08 bits per heavy atom. The highest BCUT2D eigenvalue weighted by molar-refractivity contribution is 7.13. The smallest absolute Gasteiger partial charge is 0.350 e. The molecule has 3 rings (SSSR count). The fraction of sp³-hybridized carbons (Fsp3) is 0.294. The summed E-state index contributed by atoms with van der Waals surface area (Å²) in [6.07, 6.45) is 0. The Morgan fingerprint density at radius 3 is 2.75 bits per heavy atom. The summed E-state index contributed by atoms with van der Waals surface area (Å²) in [7, 11) is 0. The van der Waals surface area contributed by atoms with Crippen molar-refractivity contribution in [2.75, 3.05) is 11.9 Å². The van der Waals surface area contributed by atoms with E-state index in [1.165, 1.54) is 11.3 Å². The van der Waals surface area contributed by atoms with Crippen LogP contribution in [0.4, 0.5) is 5.69 Å². The fourth-order valence-electron chi connectivity index (χ4n) is 2.59. The van der Waals surface area contributed by atoms with Crippen molar-refractivity contribution in [1.29, 1.82) is 0 Å². The van der Waals surface area contributed by atoms with Crippen molar-refractivity contribution in [1.82, 2.24) is 4.98 Å². The lowest BCUT2D eigenvalue weighted by molar-refractivity contribution is -0.116. The van der Waals surface area contributed by atoms with E-state index in [4.69, 9.17) is 4.74 Å². The number of fused-ring (bicyclic) bond motifs is 1. The second kappa shape index (κ2) is 6.16. The third kappa shape index (κ3) is 2.94. The van der Waals surface area contributed by atoms with Gasteiger partial charge in [0.15, 0.2) is 12.4 Å². The molecule has 0 aliphatic carbocycles. The van der Waals surface area contributed by atoms with Crippen LogP contribution in [0.3, 0.4) is 0 Å². The number of nitrogens with one attached hydrogen (secondary N) is 1. The highest BCUT2D eigenvalue weighted by atomic mass is 32.1. The molecule has 2 heterocycles. The predicted octanol–water partition coefficient (Wildman–Crippen LogP) is 2.86. The summed E-state index contributed by atoms with van der Waals surface area (Å²) in [4.78, 5) is 40.5. The minimum atomic E-state index is -0.544. The molecule has 6 nitrogen and oxygen atoms in total. The lowest BCUT2D eigenvalue weighted by atomic mass is 9.99. The molecule has 1 aromatic carbocycles. The number of hydrogen-bond donors (Lipinski definition) is 1. The first kappa shape index (κ1) is 16.3. The summed E-state index contributed by atoms with van der Waals surface area (Å²) >= 11 is 1.24. The summed E-state index contributed by atoms with van der Waals surface area (Å²) in [5, 5.41) is 3.53. The normalized spacial score (nSPS) is 15.8. The molecule has 0 bridgehead atoms. The zero-order valence-electron chi connectivity index (χ0n) is 13.5. The largest absolute Gasteiger partial charge is 0.453 e. The molecule has 0 saturated heterocycles. The van der Waals surface area contributed by atoms with Gasteiger partial charge in [-0.1, -0.05) is 0 Å². The van der Waals surface area contributed by atoms with Gasteiger partial charge in [0.05, 0.1) is 16.6 Å². The molecule has 24 heavy (non-hydrogen) atoms. The molecule has 0 spiro atoms. The van der Waals surface area contributed by atoms with Crippen LogP contribution >= 0.6 is 11.3 Å². The average Bonchev–Trinajstić information content (AvgIpc) is 3.03. The van der Waals surface area contributed by atoms with Crippen LogP contribution in [0, 0.1) is 13.8 Å². The maximum atomic E-state index is 12.3. The Labute approximate surface area is 142 Å². The van der Waals surface area contributed by atoms with E-state index in [0.717, 1.165) is 16.3 Å². The van der Waals surface area contributed by atoms with Crippen LogP contribution in [0.5, 0.6) is 0 Å². The van der Waals surface area contributed by atoms with Gasteiger partial charge in [0.1, 0.15) is 4.88 Å². The summed E-state index contributed by atoms with van der Waals surface area (Å²) in [5.74, 6) is -1.23. The van der Waals surface area contributed by atoms with E-state index in [9.17, 15) is 14.4 Å². The van der Waals surface area contributed by atoms with Crippen LogP contribution in [0.1, 0.15) is 49.1 Å². The highest BCUT2D eigenvalue weighted by Gasteiger charge is 2.27. The molecule has 1 aliphatic rings. The van der Waals surface area contributed by atoms with Gasteiger partial charge < -0.3 is 10.1 Å². The van der Waals surface area contributed by atoms with Crippen LogP contribution in [0.2, 0.25) is 0 Å². The van der Waals surface area contributed by atoms with Gasteiger partial charge in [-0.05, 0) is 44.5 Å². The molecule has 124 valence electrons. The first-order chi connectivity index (χ1) is 11.4. The quantitative estimate of drug-likeness (QED) is 0.681. The second-order valence-electron chi connectivity index (χ2n) is 5.66. The standard InChI is InChI=1S/C17H16N2O4S/c1-8-12-6-11(4-5-13(12)19-16(8)21)14(20)7-23-17(22)15-9(2)18-10(3)24-15/h4-6,8H,7H2,1-3H3,(H,19,21)/t8-/m1/s1. The van der Waals surface area contributed by atoms with Crippen LogP contribution in [0.25, 0.3) is 0 Å². The number of aromatic nitrogens is 1. The number of esters is 1. The average molecular weight is 344 g/mol. The Hall–Kier alpha value is -2.54. The van der Waals surface area contributed by atoms with Crippen LogP contribution in [-0.2, 0) is 9.53 Å². The molecule has 1 aliphatic heterocycles. The molecule has 0 fully saturated rings. The van der Waals surface area contributed by atoms with E-state index in [1.54, 1.807) is 39.0 Å². The molecule has 1 atom stereocenters. The number of ether oxygens (including phenoxy) is 1. The Bertz CT molecular complexity index is 856. The third-order valence-electron chi connectivity index (χ3n) is 3.91. The van der Waals surface area contributed by atoms with Crippen molar-refractivity contribution in [3.63, 3.8) is 0 Å². The minimum Gasteiger partial charge on any atom is -0.453 e. The van der Waals surface area contributed by atoms with Gasteiger partial charge in [0.2, 0.25) is 5.91 Å². The number of rotatable bonds is 4. The molecule has 7 heteroatoms. The van der Waals surface area contributed by atoms with Crippen molar-refractivity contribution in [3.8, 4) is 0 Å². The summed E-state index contributed by atoms with van der Waals surface area (Å²) in [6.45, 7) is 4.97. The second-order valence-corrected chi connectivity index (χ2v) is 6.86. The van der Waals surface area contributed by atoms with E-state index in [2.05, 4.69) is 10.3 Å². The summed E-state index contributed by atoms with van der Waals surface area (Å²) in [6, 6.07) is 4.99. The van der Waals surface area contributed by atoms with Gasteiger partial charge >= 0.3 is 5.97 Å². The van der Waals surface area contributed by atoms with Gasteiger partial charge in [-0.15, -0.1) is 11.3 Å². The summed E-state index contributed by atoms with van der Waals surface area (Å²) in [5.41, 5.74) is 2.52. The number of ketones is 1. The van der Waals surface area contributed by atoms with Crippen LogP contribution in [-0.4, -0.2) is 29.3 Å². The number of anilines is 1. The number of aryl methyl sites for hydroxylation is 2. The Kier molecular flexibility index (Phi) is 4.19. The topological polar surface area (TPSA) is 85.4 Å². The SMILES string of the molecule is Cc1nc(C)c(C(=O)OCC(=O)c2ccc3c(c2)[C@@H](C)C(=O)N3)s1. The number of carbonyl (C=O) groups excluding carboxylic acids is 3. The number of carbonyl (C=O) groups is 3. The van der Waals surface area contributed by atoms with Crippen molar-refractivity contribution < 1.29 is 19.1 Å². The van der Waals surface area contributed by atoms with Crippen molar-refractivity contribution in [2.45, 2.75) is 26.7 Å². The third-order valence-corrected chi connectivity index (χ3v) is 4.97. The maximum absolute atomic E-state index is 12.3. The number of hydrogen-bond acceptors (Lipinski definition) is 6. The van der Waals surface area contributed by atoms with Gasteiger partial charge in [-0.2, -0.15) is 0 Å². The van der Waals surface area contributed by atoms with Crippen molar-refractivity contribution in [3.05, 3.63) is 44.9 Å². The van der Waals surface area contributed by atoms with Gasteiger partial charge in [0.25, 0.3) is 0 Å². The van der Waals surface area contributed by atoms with E-state index in [1.807, 2.05) is 0 Å². The maximum Gasteiger partial charge on any atom is 0.350 e. The molecule has 2 aromatic rings. The Balaban J connectivity index is 1.69. The van der Waals surface area contributed by atoms with Gasteiger partial charge in [0, 0.05) is 11.3 Å². The lowest BCUT2D eigenvalue weighted by Gasteiger charge is -2.06. The van der Waals surface area contributed by atoms with E-state index in [0.29, 0.717) is 16.1 Å². The van der Waals surface area contributed by atoms with E-state index >= 15 is 0 Å². The molecular weight excluding hydrogens is 328 g/mol. The first-order valence-corrected chi connectivity index (χ1v) is 8.27. The van der Waals surface area contributed by atoms with E-state index in [-0.39, 0.29) is 24.2 Å². The van der Waals surface area contributed by atoms with Crippen molar-refractivity contribution in [2.24, 2.45) is 0 Å². The van der Waals surface area contributed by atoms with Crippen LogP contribution in [0.15, 0.2) is 18.2 Å². The lowest BCUT2D eigenvalue weighted by Crippen LogP contribution is -2.14. The Morgan fingerprint density at radius 1 is 1.33 bits per heavy atom. The monoisotopic (exact) mass is 344 g/mol. The first-order valence-electron chi connectivity index (χ1n) is 7.46. The molecule has 0 unspecified atom stereocenters. The fourth-order valence-corrected chi connectivity index (χ4v) is 3.40. The number of nitrogens with zero attached hydrogens (tertiary/aromatic N) is 1. The van der Waals surface area contributed by atoms with Gasteiger partial charge in [-0.3, -0.25) is 9.59 Å². The van der Waals surface area contributed by atoms with Crippen molar-refractivity contribution >= 4 is 34.7 Å². The van der Waals surface area contributed by atoms with Crippen LogP contribution < -0.4 is 5.32 Å². The van der Waals surface area contributed by atoms with Gasteiger partial charge in [-0.25, -0.2) is 9.78 Å². The number of thiazole rings is 1. The zero-order valence-corrected chi connectivity index (χ0v) is 14.3. The van der Waals surface area contributed by atoms with E-state index < -0.39 is 5.97 Å². The molecule has 1 aromatic heterocycles. The molecule has 0 saturated carbocycles. The number of amides is 1. The molecule has 1 amide bonds. The zero-order chi connectivity index (χ0) is 17.4. The highest BCUT2D eigenvalue weighted by Crippen LogP contribution is 2.32. The summed E-state index contributed by atoms with van der Waals surface area (Å²) < 4.78 is 5.11. The predicted molar refractivity (Wildman–Crippen MR) is 89.7 cm³/mol. The molecule has 0 radical (unpaired) electrons. The number of benzene rings is 1. The minimum absolute atomic E-state index is 0.0860. The molecular formula is C17H16N2O4S.